The van der Waals surface area contributed by atoms with E-state index in [4.69, 9.17) is 4.74 Å². The molecule has 0 saturated heterocycles. The van der Waals surface area contributed by atoms with E-state index in [0.29, 0.717) is 27.8 Å². The van der Waals surface area contributed by atoms with E-state index in [0.717, 1.165) is 0 Å². The molecule has 0 fully saturated rings. The molecule has 9 heteroatoms. The molecule has 0 amide bonds. The van der Waals surface area contributed by atoms with Gasteiger partial charge in [0.2, 0.25) is 5.60 Å². The molecule has 0 aliphatic heterocycles. The van der Waals surface area contributed by atoms with Gasteiger partial charge in [0.1, 0.15) is 18.2 Å². The standard InChI is InChI=1S/C24H23BrF4N2O2/c1-3-17(23(32,24(27,28)29)15-33-22-8-6-5-7-20(22)25)13-16-14-30-31(21(16)4-2)19-11-9-18(26)10-12-19/h5-14,32H,3-4,15H2,1-2H3/b17-13+. The number of benzene rings is 2. The van der Waals surface area contributed by atoms with Gasteiger partial charge < -0.3 is 9.84 Å². The number of halogens is 5. The maximum atomic E-state index is 14.1. The normalized spacial score (nSPS) is 14.2. The van der Waals surface area contributed by atoms with Crippen LogP contribution in [0.15, 0.2) is 64.8 Å². The van der Waals surface area contributed by atoms with Crippen molar-refractivity contribution in [3.8, 4) is 11.4 Å². The first-order chi connectivity index (χ1) is 15.6. The molecule has 3 rings (SSSR count). The lowest BCUT2D eigenvalue weighted by Crippen LogP contribution is -2.51. The van der Waals surface area contributed by atoms with Crippen molar-refractivity contribution in [2.24, 2.45) is 0 Å². The summed E-state index contributed by atoms with van der Waals surface area (Å²) in [6, 6.07) is 12.1. The number of nitrogens with zero attached hydrogens (tertiary/aromatic N) is 2. The highest BCUT2D eigenvalue weighted by molar-refractivity contribution is 9.10. The number of aliphatic hydroxyl groups is 1. The van der Waals surface area contributed by atoms with Gasteiger partial charge in [-0.2, -0.15) is 18.3 Å². The monoisotopic (exact) mass is 526 g/mol. The fourth-order valence-corrected chi connectivity index (χ4v) is 3.87. The first-order valence-corrected chi connectivity index (χ1v) is 11.1. The highest BCUT2D eigenvalue weighted by Crippen LogP contribution is 2.40. The van der Waals surface area contributed by atoms with E-state index >= 15 is 0 Å². The van der Waals surface area contributed by atoms with Crippen LogP contribution in [0.1, 0.15) is 31.5 Å². The molecule has 1 heterocycles. The molecule has 2 aromatic carbocycles. The maximum Gasteiger partial charge on any atom is 0.424 e. The highest BCUT2D eigenvalue weighted by atomic mass is 79.9. The molecule has 0 radical (unpaired) electrons. The summed E-state index contributed by atoms with van der Waals surface area (Å²) in [6.07, 6.45) is -1.85. The van der Waals surface area contributed by atoms with Crippen LogP contribution in [0, 0.1) is 5.82 Å². The lowest BCUT2D eigenvalue weighted by Gasteiger charge is -2.32. The average Bonchev–Trinajstić information content (AvgIpc) is 3.19. The molecule has 3 aromatic rings. The summed E-state index contributed by atoms with van der Waals surface area (Å²) in [6.45, 7) is 2.37. The summed E-state index contributed by atoms with van der Waals surface area (Å²) in [5, 5.41) is 15.1. The Labute approximate surface area is 197 Å². The topological polar surface area (TPSA) is 47.3 Å². The van der Waals surface area contributed by atoms with Gasteiger partial charge in [-0.25, -0.2) is 9.07 Å². The van der Waals surface area contributed by atoms with E-state index in [1.807, 2.05) is 6.92 Å². The second kappa shape index (κ2) is 10.1. The molecule has 176 valence electrons. The van der Waals surface area contributed by atoms with Crippen LogP contribution in [0.2, 0.25) is 0 Å². The number of hydrogen-bond acceptors (Lipinski definition) is 3. The van der Waals surface area contributed by atoms with Crippen molar-refractivity contribution in [3.63, 3.8) is 0 Å². The quantitative estimate of drug-likeness (QED) is 0.340. The van der Waals surface area contributed by atoms with Gasteiger partial charge in [0.05, 0.1) is 22.1 Å². The number of rotatable bonds is 8. The molecule has 33 heavy (non-hydrogen) atoms. The van der Waals surface area contributed by atoms with Crippen molar-refractivity contribution >= 4 is 22.0 Å². The summed E-state index contributed by atoms with van der Waals surface area (Å²) < 4.78 is 63.0. The molecule has 0 aliphatic rings. The lowest BCUT2D eigenvalue weighted by molar-refractivity contribution is -0.252. The fraction of sp³-hybridized carbons (Fsp3) is 0.292. The van der Waals surface area contributed by atoms with E-state index in [9.17, 15) is 22.7 Å². The van der Waals surface area contributed by atoms with Crippen LogP contribution in [-0.4, -0.2) is 33.3 Å². The van der Waals surface area contributed by atoms with Crippen molar-refractivity contribution < 1.29 is 27.4 Å². The van der Waals surface area contributed by atoms with Crippen LogP contribution in [0.25, 0.3) is 11.8 Å². The first kappa shape index (κ1) is 25.0. The summed E-state index contributed by atoms with van der Waals surface area (Å²) >= 11 is 3.23. The van der Waals surface area contributed by atoms with E-state index in [1.165, 1.54) is 49.5 Å². The molecule has 1 aromatic heterocycles. The SMILES string of the molecule is CC/C(=C\c1cnn(-c2ccc(F)cc2)c1CC)C(O)(COc1ccccc1Br)C(F)(F)F. The zero-order chi connectivity index (χ0) is 24.2. The van der Waals surface area contributed by atoms with Crippen molar-refractivity contribution in [3.05, 3.63) is 81.8 Å². The summed E-state index contributed by atoms with van der Waals surface area (Å²) in [4.78, 5) is 0. The van der Waals surface area contributed by atoms with Crippen molar-refractivity contribution in [2.45, 2.75) is 38.5 Å². The predicted molar refractivity (Wildman–Crippen MR) is 122 cm³/mol. The minimum atomic E-state index is -4.98. The Hall–Kier alpha value is -2.65. The third kappa shape index (κ3) is 5.30. The Balaban J connectivity index is 2.01. The Kier molecular flexibility index (Phi) is 7.64. The van der Waals surface area contributed by atoms with Crippen molar-refractivity contribution in [1.82, 2.24) is 9.78 Å². The zero-order valence-corrected chi connectivity index (χ0v) is 19.6. The molecule has 0 spiro atoms. The molecule has 1 atom stereocenters. The molecule has 1 unspecified atom stereocenters. The number of hydrogen-bond donors (Lipinski definition) is 1. The van der Waals surface area contributed by atoms with Crippen LogP contribution >= 0.6 is 15.9 Å². The Morgan fingerprint density at radius 2 is 1.79 bits per heavy atom. The van der Waals surface area contributed by atoms with Crippen LogP contribution in [-0.2, 0) is 6.42 Å². The van der Waals surface area contributed by atoms with Crippen LogP contribution in [0.5, 0.6) is 5.75 Å². The Bertz CT molecular complexity index is 1130. The Morgan fingerprint density at radius 3 is 2.36 bits per heavy atom. The fourth-order valence-electron chi connectivity index (χ4n) is 3.47. The number of aromatic nitrogens is 2. The second-order valence-corrected chi connectivity index (χ2v) is 8.24. The summed E-state index contributed by atoms with van der Waals surface area (Å²) in [5.41, 5.74) is -1.82. The van der Waals surface area contributed by atoms with Crippen LogP contribution in [0.3, 0.4) is 0 Å². The molecular weight excluding hydrogens is 504 g/mol. The molecule has 1 N–H and O–H groups in total. The Morgan fingerprint density at radius 1 is 1.12 bits per heavy atom. The molecule has 0 aliphatic carbocycles. The van der Waals surface area contributed by atoms with E-state index in [2.05, 4.69) is 21.0 Å². The summed E-state index contributed by atoms with van der Waals surface area (Å²) in [7, 11) is 0. The molecule has 4 nitrogen and oxygen atoms in total. The van der Waals surface area contributed by atoms with Gasteiger partial charge in [0.15, 0.2) is 0 Å². The molecule has 0 saturated carbocycles. The number of ether oxygens (including phenoxy) is 1. The van der Waals surface area contributed by atoms with Gasteiger partial charge in [-0.3, -0.25) is 0 Å². The second-order valence-electron chi connectivity index (χ2n) is 7.39. The first-order valence-electron chi connectivity index (χ1n) is 10.3. The third-order valence-electron chi connectivity index (χ3n) is 5.29. The predicted octanol–water partition coefficient (Wildman–Crippen LogP) is 6.50. The minimum Gasteiger partial charge on any atom is -0.489 e. The smallest absolute Gasteiger partial charge is 0.424 e. The maximum absolute atomic E-state index is 14.1. The van der Waals surface area contributed by atoms with Gasteiger partial charge in [0, 0.05) is 5.56 Å². The van der Waals surface area contributed by atoms with Gasteiger partial charge in [-0.1, -0.05) is 26.0 Å². The largest absolute Gasteiger partial charge is 0.489 e. The van der Waals surface area contributed by atoms with Gasteiger partial charge in [-0.05, 0) is 76.8 Å². The molecule has 0 bridgehead atoms. The minimum absolute atomic E-state index is 0.0692. The number of para-hydroxylation sites is 1. The zero-order valence-electron chi connectivity index (χ0n) is 18.0. The van der Waals surface area contributed by atoms with Crippen LogP contribution in [0.4, 0.5) is 17.6 Å². The lowest BCUT2D eigenvalue weighted by atomic mass is 9.89. The van der Waals surface area contributed by atoms with Crippen LogP contribution < -0.4 is 4.74 Å². The van der Waals surface area contributed by atoms with Gasteiger partial charge in [-0.15, -0.1) is 0 Å². The van der Waals surface area contributed by atoms with Gasteiger partial charge in [0.25, 0.3) is 0 Å². The summed E-state index contributed by atoms with van der Waals surface area (Å²) in [5.74, 6) is -0.216. The number of alkyl halides is 3. The highest BCUT2D eigenvalue weighted by Gasteiger charge is 2.56. The van der Waals surface area contributed by atoms with E-state index in [-0.39, 0.29) is 17.7 Å². The molecular formula is C24H23BrF4N2O2. The van der Waals surface area contributed by atoms with Crippen molar-refractivity contribution in [1.29, 1.82) is 0 Å². The van der Waals surface area contributed by atoms with E-state index in [1.54, 1.807) is 22.9 Å². The van der Waals surface area contributed by atoms with Crippen molar-refractivity contribution in [2.75, 3.05) is 6.61 Å². The van der Waals surface area contributed by atoms with E-state index < -0.39 is 24.2 Å². The van der Waals surface area contributed by atoms with Gasteiger partial charge >= 0.3 is 6.18 Å². The third-order valence-corrected chi connectivity index (χ3v) is 5.95. The average molecular weight is 527 g/mol.